The van der Waals surface area contributed by atoms with Crippen molar-refractivity contribution in [3.63, 3.8) is 0 Å². The highest BCUT2D eigenvalue weighted by molar-refractivity contribution is 9.11. The third-order valence-corrected chi connectivity index (χ3v) is 5.76. The number of rotatable bonds is 8. The van der Waals surface area contributed by atoms with Crippen molar-refractivity contribution >= 4 is 52.1 Å². The summed E-state index contributed by atoms with van der Waals surface area (Å²) in [4.78, 5) is 27.9. The second-order valence-corrected chi connectivity index (χ2v) is 10.1. The maximum Gasteiger partial charge on any atom is 0.413 e. The van der Waals surface area contributed by atoms with Crippen molar-refractivity contribution in [3.05, 3.63) is 9.48 Å². The maximum absolute atomic E-state index is 12.3. The number of esters is 1. The maximum atomic E-state index is 12.3. The highest BCUT2D eigenvalue weighted by atomic mass is 79.9. The van der Waals surface area contributed by atoms with Gasteiger partial charge in [0.25, 0.3) is 0 Å². The topological polar surface area (TPSA) is 113 Å². The second kappa shape index (κ2) is 9.80. The van der Waals surface area contributed by atoms with E-state index in [1.807, 2.05) is 0 Å². The molecule has 0 aliphatic carbocycles. The molecule has 0 radical (unpaired) electrons. The van der Waals surface area contributed by atoms with Crippen LogP contribution in [0.3, 0.4) is 0 Å². The number of aromatic nitrogens is 1. The molecule has 1 aromatic heterocycles. The number of hydrogen-bond donors (Lipinski definition) is 1. The summed E-state index contributed by atoms with van der Waals surface area (Å²) in [6, 6.07) is 0. The summed E-state index contributed by atoms with van der Waals surface area (Å²) in [6.45, 7) is 8.78. The highest BCUT2D eigenvalue weighted by Gasteiger charge is 2.28. The molecule has 12 heteroatoms. The molecule has 0 bridgehead atoms. The van der Waals surface area contributed by atoms with E-state index >= 15 is 0 Å². The molecule has 0 saturated carbocycles. The molecule has 1 aromatic rings. The number of thiazole rings is 1. The van der Waals surface area contributed by atoms with Crippen molar-refractivity contribution in [2.45, 2.75) is 40.2 Å². The molecule has 1 heterocycles. The van der Waals surface area contributed by atoms with Crippen LogP contribution >= 0.6 is 34.9 Å². The Morgan fingerprint density at radius 2 is 1.81 bits per heavy atom. The van der Waals surface area contributed by atoms with Crippen LogP contribution in [0, 0.1) is 0 Å². The van der Waals surface area contributed by atoms with Crippen LogP contribution < -0.4 is 5.32 Å². The number of carbonyl (C=O) groups excluding carboxylic acids is 2. The summed E-state index contributed by atoms with van der Waals surface area (Å²) < 4.78 is 32.8. The molecule has 0 aliphatic rings. The highest BCUT2D eigenvalue weighted by Crippen LogP contribution is 2.48. The Balaban J connectivity index is 2.74. The zero-order valence-corrected chi connectivity index (χ0v) is 18.5. The molecule has 0 saturated heterocycles. The lowest BCUT2D eigenvalue weighted by atomic mass is 10.2. The molecule has 1 rings (SSSR count). The molecule has 1 N–H and O–H groups in total. The Morgan fingerprint density at radius 1 is 1.23 bits per heavy atom. The zero-order chi connectivity index (χ0) is 20.0. The molecule has 0 atom stereocenters. The third kappa shape index (κ3) is 7.71. The summed E-state index contributed by atoms with van der Waals surface area (Å²) in [5.74, 6) is -0.829. The number of nitrogens with zero attached hydrogens (tertiary/aromatic N) is 1. The van der Waals surface area contributed by atoms with Crippen molar-refractivity contribution in [1.29, 1.82) is 0 Å². The van der Waals surface area contributed by atoms with Gasteiger partial charge in [-0.05, 0) is 50.5 Å². The minimum atomic E-state index is -3.52. The van der Waals surface area contributed by atoms with Crippen LogP contribution in [0.2, 0.25) is 0 Å². The Kier molecular flexibility index (Phi) is 8.68. The van der Waals surface area contributed by atoms with E-state index in [4.69, 9.17) is 18.5 Å². The largest absolute Gasteiger partial charge is 0.448 e. The number of amides is 1. The van der Waals surface area contributed by atoms with Crippen molar-refractivity contribution in [1.82, 2.24) is 4.98 Å². The monoisotopic (exact) mass is 472 g/mol. The summed E-state index contributed by atoms with van der Waals surface area (Å²) in [7, 11) is -3.52. The third-order valence-electron chi connectivity index (χ3n) is 2.39. The first kappa shape index (κ1) is 23.0. The molecule has 9 nitrogen and oxygen atoms in total. The first-order valence-electron chi connectivity index (χ1n) is 7.71. The lowest BCUT2D eigenvalue weighted by molar-refractivity contribution is 0.0524. The van der Waals surface area contributed by atoms with Gasteiger partial charge in [0.2, 0.25) is 0 Å². The molecule has 1 amide bonds. The molecular formula is C14H22BrN2O7PS. The van der Waals surface area contributed by atoms with Gasteiger partial charge in [0, 0.05) is 0 Å². The summed E-state index contributed by atoms with van der Waals surface area (Å²) >= 11 is 4.19. The molecule has 148 valence electrons. The fourth-order valence-electron chi connectivity index (χ4n) is 1.58. The lowest BCUT2D eigenvalue weighted by Crippen LogP contribution is -2.27. The average molecular weight is 473 g/mol. The SMILES string of the molecule is CCOP(=O)(COC(=O)c1nc(NC(=O)OC(C)(C)C)sc1Br)OCC. The van der Waals surface area contributed by atoms with E-state index < -0.39 is 31.6 Å². The van der Waals surface area contributed by atoms with Gasteiger partial charge < -0.3 is 18.5 Å². The van der Waals surface area contributed by atoms with Crippen molar-refractivity contribution in [3.8, 4) is 0 Å². The van der Waals surface area contributed by atoms with E-state index in [0.717, 1.165) is 11.3 Å². The van der Waals surface area contributed by atoms with Crippen molar-refractivity contribution in [2.75, 3.05) is 24.9 Å². The minimum absolute atomic E-state index is 0.0689. The Morgan fingerprint density at radius 3 is 2.31 bits per heavy atom. The van der Waals surface area contributed by atoms with Crippen LogP contribution in [-0.4, -0.2) is 42.2 Å². The van der Waals surface area contributed by atoms with Gasteiger partial charge in [0.15, 0.2) is 17.2 Å². The normalized spacial score (nSPS) is 11.9. The molecular weight excluding hydrogens is 451 g/mol. The van der Waals surface area contributed by atoms with Crippen LogP contribution in [-0.2, 0) is 23.1 Å². The second-order valence-electron chi connectivity index (χ2n) is 5.78. The number of hydrogen-bond acceptors (Lipinski definition) is 9. The van der Waals surface area contributed by atoms with Crippen LogP contribution in [0.25, 0.3) is 0 Å². The quantitative estimate of drug-likeness (QED) is 0.430. The molecule has 26 heavy (non-hydrogen) atoms. The van der Waals surface area contributed by atoms with Crippen molar-refractivity contribution < 1.29 is 32.7 Å². The van der Waals surface area contributed by atoms with Gasteiger partial charge in [0.1, 0.15) is 9.39 Å². The van der Waals surface area contributed by atoms with Crippen LogP contribution in [0.4, 0.5) is 9.93 Å². The first-order valence-corrected chi connectivity index (χ1v) is 11.0. The Labute approximate surface area is 164 Å². The van der Waals surface area contributed by atoms with E-state index in [0.29, 0.717) is 3.79 Å². The van der Waals surface area contributed by atoms with E-state index in [1.54, 1.807) is 34.6 Å². The number of ether oxygens (including phenoxy) is 2. The standard InChI is InChI=1S/C14H22BrN2O7PS/c1-6-22-25(20,23-7-2)8-21-11(18)9-10(15)26-12(16-9)17-13(19)24-14(3,4)5/h6-8H2,1-5H3,(H,16,17,19). The first-order chi connectivity index (χ1) is 12.0. The summed E-state index contributed by atoms with van der Waals surface area (Å²) in [6.07, 6.45) is -1.23. The molecule has 0 aromatic carbocycles. The number of carbonyl (C=O) groups is 2. The number of anilines is 1. The number of halogens is 1. The smallest absolute Gasteiger partial charge is 0.413 e. The van der Waals surface area contributed by atoms with Gasteiger partial charge in [0.05, 0.1) is 13.2 Å². The van der Waals surface area contributed by atoms with Gasteiger partial charge in [-0.3, -0.25) is 9.88 Å². The van der Waals surface area contributed by atoms with Crippen LogP contribution in [0.15, 0.2) is 3.79 Å². The van der Waals surface area contributed by atoms with Crippen LogP contribution in [0.1, 0.15) is 45.1 Å². The summed E-state index contributed by atoms with van der Waals surface area (Å²) in [5, 5.41) is 2.58. The van der Waals surface area contributed by atoms with Gasteiger partial charge in [-0.15, -0.1) is 0 Å². The predicted octanol–water partition coefficient (Wildman–Crippen LogP) is 4.63. The molecule has 0 unspecified atom stereocenters. The van der Waals surface area contributed by atoms with E-state index in [9.17, 15) is 14.2 Å². The van der Waals surface area contributed by atoms with E-state index in [2.05, 4.69) is 26.2 Å². The minimum Gasteiger partial charge on any atom is -0.448 e. The Hall–Kier alpha value is -1.00. The molecule has 0 spiro atoms. The van der Waals surface area contributed by atoms with E-state index in [1.165, 1.54) is 0 Å². The van der Waals surface area contributed by atoms with Gasteiger partial charge in [-0.25, -0.2) is 14.6 Å². The summed E-state index contributed by atoms with van der Waals surface area (Å²) in [5.41, 5.74) is -0.736. The molecule has 0 fully saturated rings. The van der Waals surface area contributed by atoms with E-state index in [-0.39, 0.29) is 24.0 Å². The van der Waals surface area contributed by atoms with Crippen molar-refractivity contribution in [2.24, 2.45) is 0 Å². The Bertz CT molecular complexity index is 679. The predicted molar refractivity (Wildman–Crippen MR) is 101 cm³/mol. The lowest BCUT2D eigenvalue weighted by Gasteiger charge is -2.18. The van der Waals surface area contributed by atoms with Crippen LogP contribution in [0.5, 0.6) is 0 Å². The fraction of sp³-hybridized carbons (Fsp3) is 0.643. The zero-order valence-electron chi connectivity index (χ0n) is 15.2. The number of nitrogens with one attached hydrogen (secondary N) is 1. The molecule has 0 aliphatic heterocycles. The average Bonchev–Trinajstić information content (AvgIpc) is 2.84. The van der Waals surface area contributed by atoms with Gasteiger partial charge in [-0.1, -0.05) is 11.3 Å². The fourth-order valence-corrected chi connectivity index (χ4v) is 4.25. The van der Waals surface area contributed by atoms with Gasteiger partial charge in [-0.2, -0.15) is 0 Å². The van der Waals surface area contributed by atoms with Gasteiger partial charge >= 0.3 is 19.7 Å².